The van der Waals surface area contributed by atoms with Crippen molar-refractivity contribution in [2.75, 3.05) is 0 Å². The summed E-state index contributed by atoms with van der Waals surface area (Å²) in [4.78, 5) is 23.6. The minimum atomic E-state index is -0.613. The average Bonchev–Trinajstić information content (AvgIpc) is 2.82. The molecule has 1 saturated carbocycles. The van der Waals surface area contributed by atoms with Crippen molar-refractivity contribution >= 4 is 11.9 Å². The third kappa shape index (κ3) is 3.21. The molecule has 0 radical (unpaired) electrons. The fourth-order valence-corrected chi connectivity index (χ4v) is 3.30. The van der Waals surface area contributed by atoms with Gasteiger partial charge in [-0.1, -0.05) is 25.1 Å². The van der Waals surface area contributed by atoms with Crippen LogP contribution in [0.1, 0.15) is 44.2 Å². The van der Waals surface area contributed by atoms with E-state index in [1.807, 2.05) is 38.1 Å². The second-order valence-electron chi connectivity index (χ2n) is 6.70. The van der Waals surface area contributed by atoms with Crippen LogP contribution in [0.5, 0.6) is 0 Å². The minimum absolute atomic E-state index is 0.0907. The van der Waals surface area contributed by atoms with Crippen molar-refractivity contribution in [1.82, 2.24) is 0 Å². The number of nitriles is 1. The summed E-state index contributed by atoms with van der Waals surface area (Å²) in [5.41, 5.74) is 1.01. The predicted molar refractivity (Wildman–Crippen MR) is 86.1 cm³/mol. The zero-order valence-corrected chi connectivity index (χ0v) is 13.5. The topological polar surface area (TPSA) is 59.3 Å². The number of fused-ring (bicyclic) bond motifs is 3. The van der Waals surface area contributed by atoms with Crippen LogP contribution in [0.2, 0.25) is 0 Å². The van der Waals surface area contributed by atoms with Crippen molar-refractivity contribution < 1.29 is 14.6 Å². The molecule has 0 N–H and O–H groups in total. The molecule has 0 unspecified atom stereocenters. The maximum absolute atomic E-state index is 12.3. The first-order valence-electron chi connectivity index (χ1n) is 8.08. The van der Waals surface area contributed by atoms with Crippen LogP contribution in [-0.2, 0) is 14.6 Å². The Labute approximate surface area is 136 Å². The zero-order chi connectivity index (χ0) is 16.4. The van der Waals surface area contributed by atoms with Gasteiger partial charge in [-0.25, -0.2) is 9.78 Å². The van der Waals surface area contributed by atoms with Gasteiger partial charge >= 0.3 is 0 Å². The second-order valence-corrected chi connectivity index (χ2v) is 6.70. The molecule has 1 aromatic rings. The van der Waals surface area contributed by atoms with Crippen molar-refractivity contribution in [1.29, 1.82) is 5.26 Å². The Hall–Kier alpha value is -1.96. The fourth-order valence-electron chi connectivity index (χ4n) is 3.30. The van der Waals surface area contributed by atoms with Gasteiger partial charge in [0.2, 0.25) is 0 Å². The van der Waals surface area contributed by atoms with Crippen LogP contribution >= 0.6 is 0 Å². The van der Waals surface area contributed by atoms with Crippen molar-refractivity contribution in [3.8, 4) is 6.07 Å². The van der Waals surface area contributed by atoms with E-state index in [1.165, 1.54) is 0 Å². The third-order valence-electron chi connectivity index (χ3n) is 5.12. The average molecular weight is 311 g/mol. The van der Waals surface area contributed by atoms with E-state index in [0.29, 0.717) is 12.0 Å². The number of benzene rings is 1. The van der Waals surface area contributed by atoms with E-state index in [9.17, 15) is 4.79 Å². The molecule has 3 rings (SSSR count). The maximum atomic E-state index is 12.3. The lowest BCUT2D eigenvalue weighted by molar-refractivity contribution is -0.376. The largest absolute Gasteiger partial charge is 0.299 e. The van der Waals surface area contributed by atoms with Crippen LogP contribution in [0.4, 0.5) is 0 Å². The van der Waals surface area contributed by atoms with Gasteiger partial charge in [0.15, 0.2) is 0 Å². The predicted octanol–water partition coefficient (Wildman–Crippen LogP) is 3.67. The lowest BCUT2D eigenvalue weighted by Gasteiger charge is -2.34. The number of hydrogen-bond donors (Lipinski definition) is 0. The van der Waals surface area contributed by atoms with Crippen LogP contribution < -0.4 is 0 Å². The molecule has 1 heterocycles. The van der Waals surface area contributed by atoms with Gasteiger partial charge < -0.3 is 0 Å². The number of nitrogens with zero attached hydrogens (tertiary/aromatic N) is 1. The molecule has 0 spiro atoms. The van der Waals surface area contributed by atoms with Gasteiger partial charge in [0.25, 0.3) is 0 Å². The molecule has 2 aliphatic rings. The molecular formula is C19H21NO3. The lowest BCUT2D eigenvalue weighted by atomic mass is 9.82. The summed E-state index contributed by atoms with van der Waals surface area (Å²) in [5, 5.41) is 8.84. The van der Waals surface area contributed by atoms with E-state index in [4.69, 9.17) is 15.0 Å². The number of rotatable bonds is 2. The molecule has 2 bridgehead atoms. The molecule has 4 heteroatoms. The molecule has 1 aromatic carbocycles. The number of carbonyl (C=O) groups excluding carboxylic acids is 1. The van der Waals surface area contributed by atoms with Gasteiger partial charge in [-0.2, -0.15) is 5.26 Å². The fraction of sp³-hybridized carbons (Fsp3) is 0.474. The van der Waals surface area contributed by atoms with E-state index in [2.05, 4.69) is 6.07 Å². The highest BCUT2D eigenvalue weighted by Gasteiger charge is 2.45. The van der Waals surface area contributed by atoms with E-state index in [-0.39, 0.29) is 23.7 Å². The molecule has 1 saturated heterocycles. The quantitative estimate of drug-likeness (QED) is 0.782. The zero-order valence-electron chi connectivity index (χ0n) is 13.5. The molecule has 1 aliphatic heterocycles. The van der Waals surface area contributed by atoms with Gasteiger partial charge in [-0.15, -0.1) is 0 Å². The van der Waals surface area contributed by atoms with Crippen molar-refractivity contribution in [3.05, 3.63) is 41.5 Å². The second kappa shape index (κ2) is 6.27. The Bertz CT molecular complexity index is 658. The minimum Gasteiger partial charge on any atom is -0.299 e. The monoisotopic (exact) mass is 311 g/mol. The van der Waals surface area contributed by atoms with Crippen LogP contribution in [-0.4, -0.2) is 17.5 Å². The van der Waals surface area contributed by atoms with Gasteiger partial charge in [-0.05, 0) is 43.5 Å². The standard InChI is InChI=1S/C19H21NO3/c1-13-17(21)11-16-7-8-18(13)22-23-19(16,2)10-9-14-3-5-15(12-20)6-4-14/h3-6,9-10,13,16,18H,7-8,11H2,1-2H3/t13-,16-,18+,19-/m1/s1. The summed E-state index contributed by atoms with van der Waals surface area (Å²) in [7, 11) is 0. The van der Waals surface area contributed by atoms with Gasteiger partial charge in [-0.3, -0.25) is 4.79 Å². The first kappa shape index (κ1) is 15.9. The number of ketones is 1. The van der Waals surface area contributed by atoms with Gasteiger partial charge in [0.05, 0.1) is 11.6 Å². The summed E-state index contributed by atoms with van der Waals surface area (Å²) in [6, 6.07) is 9.47. The molecule has 0 amide bonds. The Balaban J connectivity index is 1.81. The maximum Gasteiger partial charge on any atom is 0.138 e. The van der Waals surface area contributed by atoms with Crippen LogP contribution in [0.3, 0.4) is 0 Å². The van der Waals surface area contributed by atoms with Gasteiger partial charge in [0, 0.05) is 18.3 Å². The smallest absolute Gasteiger partial charge is 0.138 e. The SMILES string of the molecule is C[C@@H]1C(=O)C[C@H]2CC[C@@H]1OO[C@]2(C)C=Cc1ccc(C#N)cc1. The summed E-state index contributed by atoms with van der Waals surface area (Å²) in [6.07, 6.45) is 6.12. The van der Waals surface area contributed by atoms with E-state index < -0.39 is 5.60 Å². The molecule has 2 fully saturated rings. The Morgan fingerprint density at radius 2 is 2.04 bits per heavy atom. The Morgan fingerprint density at radius 1 is 1.30 bits per heavy atom. The normalized spacial score (nSPS) is 34.1. The summed E-state index contributed by atoms with van der Waals surface area (Å²) >= 11 is 0. The molecule has 23 heavy (non-hydrogen) atoms. The third-order valence-corrected chi connectivity index (χ3v) is 5.12. The van der Waals surface area contributed by atoms with Crippen LogP contribution in [0, 0.1) is 23.2 Å². The van der Waals surface area contributed by atoms with E-state index in [0.717, 1.165) is 18.4 Å². The first-order valence-corrected chi connectivity index (χ1v) is 8.08. The molecule has 4 nitrogen and oxygen atoms in total. The van der Waals surface area contributed by atoms with Crippen molar-refractivity contribution in [2.24, 2.45) is 11.8 Å². The molecule has 0 aromatic heterocycles. The molecule has 1 aliphatic carbocycles. The number of carbonyl (C=O) groups is 1. The molecule has 120 valence electrons. The number of Topliss-reactive ketones (excluding diaryl/α,β-unsaturated/α-hetero) is 1. The Morgan fingerprint density at radius 3 is 2.74 bits per heavy atom. The van der Waals surface area contributed by atoms with Gasteiger partial charge in [0.1, 0.15) is 17.5 Å². The van der Waals surface area contributed by atoms with E-state index in [1.54, 1.807) is 12.1 Å². The lowest BCUT2D eigenvalue weighted by Crippen LogP contribution is -2.40. The van der Waals surface area contributed by atoms with E-state index >= 15 is 0 Å². The van der Waals surface area contributed by atoms with Crippen molar-refractivity contribution in [2.45, 2.75) is 44.8 Å². The molecule has 4 atom stereocenters. The molecular weight excluding hydrogens is 290 g/mol. The van der Waals surface area contributed by atoms with Crippen LogP contribution in [0.15, 0.2) is 30.3 Å². The summed E-state index contributed by atoms with van der Waals surface area (Å²) in [6.45, 7) is 3.90. The highest BCUT2D eigenvalue weighted by Crippen LogP contribution is 2.40. The van der Waals surface area contributed by atoms with Crippen molar-refractivity contribution in [3.63, 3.8) is 0 Å². The highest BCUT2D eigenvalue weighted by atomic mass is 17.2. The first-order chi connectivity index (χ1) is 11.0. The number of hydrogen-bond acceptors (Lipinski definition) is 4. The van der Waals surface area contributed by atoms with Crippen LogP contribution in [0.25, 0.3) is 6.08 Å². The Kier molecular flexibility index (Phi) is 4.34. The summed E-state index contributed by atoms with van der Waals surface area (Å²) in [5.74, 6) is 0.297. The summed E-state index contributed by atoms with van der Waals surface area (Å²) < 4.78 is 0. The highest BCUT2D eigenvalue weighted by molar-refractivity contribution is 5.82.